The molecule has 0 fully saturated rings. The first kappa shape index (κ1) is 12.9. The van der Waals surface area contributed by atoms with E-state index >= 15 is 0 Å². The Kier molecular flexibility index (Phi) is 8.68. The second-order valence-electron chi connectivity index (χ2n) is 1.76. The minimum absolute atomic E-state index is 0. The van der Waals surface area contributed by atoms with Crippen LogP contribution in [0.4, 0.5) is 4.79 Å². The van der Waals surface area contributed by atoms with Gasteiger partial charge in [0.15, 0.2) is 17.4 Å². The van der Waals surface area contributed by atoms with E-state index in [9.17, 15) is 4.79 Å². The molecule has 0 heterocycles. The number of nitrogens with zero attached hydrogens (tertiary/aromatic N) is 1. The fourth-order valence-electron chi connectivity index (χ4n) is 0.542. The molecule has 0 saturated heterocycles. The van der Waals surface area contributed by atoms with Gasteiger partial charge in [-0.05, 0) is 0 Å². The average Bonchev–Trinajstić information content (AvgIpc) is 1.87. The lowest BCUT2D eigenvalue weighted by Gasteiger charge is -2.13. The van der Waals surface area contributed by atoms with Gasteiger partial charge in [-0.25, -0.2) is 4.79 Å². The van der Waals surface area contributed by atoms with Crippen LogP contribution in [0.1, 0.15) is 0 Å². The van der Waals surface area contributed by atoms with Gasteiger partial charge in [0.05, 0.1) is 0 Å². The van der Waals surface area contributed by atoms with Crippen LogP contribution in [0, 0.1) is 0 Å². The molecule has 0 aliphatic heterocycles. The van der Waals surface area contributed by atoms with Crippen molar-refractivity contribution in [2.75, 3.05) is 13.1 Å². The Bertz CT molecular complexity index is 137. The van der Waals surface area contributed by atoms with Crippen LogP contribution in [0.15, 0.2) is 25.3 Å². The summed E-state index contributed by atoms with van der Waals surface area (Å²) in [6.07, 6.45) is 2.13. The Morgan fingerprint density at radius 3 is 1.91 bits per heavy atom. The predicted octanol–water partition coefficient (Wildman–Crippen LogP) is 0.154. The fourth-order valence-corrected chi connectivity index (χ4v) is 0.542. The SMILES string of the molecule is C=CCN(CC=C)C(=O)O.[AlH3]. The molecule has 0 rings (SSSR count). The van der Waals surface area contributed by atoms with E-state index in [0.29, 0.717) is 13.1 Å². The lowest BCUT2D eigenvalue weighted by atomic mass is 10.5. The normalized spacial score (nSPS) is 7.64. The average molecular weight is 171 g/mol. The molecule has 4 heteroatoms. The Morgan fingerprint density at radius 2 is 1.73 bits per heavy atom. The summed E-state index contributed by atoms with van der Waals surface area (Å²) in [5.74, 6) is 0. The molecular formula is C7H14AlNO2. The first-order chi connectivity index (χ1) is 4.72. The molecule has 0 aromatic carbocycles. The largest absolute Gasteiger partial charge is 0.465 e. The summed E-state index contributed by atoms with van der Waals surface area (Å²) in [5.41, 5.74) is 0. The van der Waals surface area contributed by atoms with Gasteiger partial charge < -0.3 is 10.0 Å². The molecule has 62 valence electrons. The zero-order chi connectivity index (χ0) is 7.98. The van der Waals surface area contributed by atoms with Gasteiger partial charge in [-0.1, -0.05) is 12.2 Å². The second-order valence-corrected chi connectivity index (χ2v) is 1.76. The third-order valence-corrected chi connectivity index (χ3v) is 0.969. The quantitative estimate of drug-likeness (QED) is 0.483. The minimum Gasteiger partial charge on any atom is -0.465 e. The third-order valence-electron chi connectivity index (χ3n) is 0.969. The number of amides is 1. The Morgan fingerprint density at radius 1 is 1.36 bits per heavy atom. The summed E-state index contributed by atoms with van der Waals surface area (Å²) in [4.78, 5) is 11.5. The van der Waals surface area contributed by atoms with Gasteiger partial charge in [-0.15, -0.1) is 13.2 Å². The summed E-state index contributed by atoms with van der Waals surface area (Å²) in [5, 5.41) is 8.47. The van der Waals surface area contributed by atoms with Crippen LogP contribution < -0.4 is 0 Å². The van der Waals surface area contributed by atoms with Crippen molar-refractivity contribution in [3.8, 4) is 0 Å². The van der Waals surface area contributed by atoms with E-state index in [1.807, 2.05) is 0 Å². The smallest absolute Gasteiger partial charge is 0.407 e. The lowest BCUT2D eigenvalue weighted by Crippen LogP contribution is -2.29. The first-order valence-corrected chi connectivity index (χ1v) is 2.92. The van der Waals surface area contributed by atoms with E-state index in [0.717, 1.165) is 0 Å². The highest BCUT2D eigenvalue weighted by Crippen LogP contribution is 1.88. The highest BCUT2D eigenvalue weighted by Gasteiger charge is 2.05. The summed E-state index contributed by atoms with van der Waals surface area (Å²) in [6.45, 7) is 7.55. The van der Waals surface area contributed by atoms with Crippen molar-refractivity contribution in [3.63, 3.8) is 0 Å². The van der Waals surface area contributed by atoms with Crippen LogP contribution in [0.3, 0.4) is 0 Å². The van der Waals surface area contributed by atoms with Crippen LogP contribution in [0.2, 0.25) is 0 Å². The van der Waals surface area contributed by atoms with E-state index < -0.39 is 6.09 Å². The Labute approximate surface area is 77.1 Å². The van der Waals surface area contributed by atoms with Crippen molar-refractivity contribution >= 4 is 23.5 Å². The van der Waals surface area contributed by atoms with Gasteiger partial charge in [0, 0.05) is 13.1 Å². The third kappa shape index (κ3) is 5.71. The summed E-state index contributed by atoms with van der Waals surface area (Å²) >= 11 is 0. The van der Waals surface area contributed by atoms with Gasteiger partial charge in [0.1, 0.15) is 0 Å². The van der Waals surface area contributed by atoms with Gasteiger partial charge in [0.25, 0.3) is 0 Å². The van der Waals surface area contributed by atoms with Gasteiger partial charge in [-0.3, -0.25) is 0 Å². The molecule has 0 aromatic heterocycles. The van der Waals surface area contributed by atoms with Crippen molar-refractivity contribution in [1.29, 1.82) is 0 Å². The van der Waals surface area contributed by atoms with E-state index in [-0.39, 0.29) is 17.4 Å². The molecule has 0 atom stereocenters. The topological polar surface area (TPSA) is 40.5 Å². The molecule has 0 radical (unpaired) electrons. The minimum atomic E-state index is -0.945. The second kappa shape index (κ2) is 7.39. The summed E-state index contributed by atoms with van der Waals surface area (Å²) in [7, 11) is 0. The molecular weight excluding hydrogens is 157 g/mol. The number of carbonyl (C=O) groups is 1. The number of carboxylic acid groups (broad SMARTS) is 1. The van der Waals surface area contributed by atoms with Crippen LogP contribution in [0.5, 0.6) is 0 Å². The molecule has 11 heavy (non-hydrogen) atoms. The monoisotopic (exact) mass is 171 g/mol. The summed E-state index contributed by atoms with van der Waals surface area (Å²) < 4.78 is 0. The molecule has 0 aromatic rings. The molecule has 0 unspecified atom stereocenters. The maximum absolute atomic E-state index is 10.3. The summed E-state index contributed by atoms with van der Waals surface area (Å²) in [6, 6.07) is 0. The maximum atomic E-state index is 10.3. The van der Waals surface area contributed by atoms with E-state index in [2.05, 4.69) is 13.2 Å². The predicted molar refractivity (Wildman–Crippen MR) is 49.9 cm³/mol. The van der Waals surface area contributed by atoms with Crippen molar-refractivity contribution in [2.24, 2.45) is 0 Å². The molecule has 1 amide bonds. The first-order valence-electron chi connectivity index (χ1n) is 2.92. The zero-order valence-electron chi connectivity index (χ0n) is 5.79. The van der Waals surface area contributed by atoms with Crippen LogP contribution in [0.25, 0.3) is 0 Å². The Balaban J connectivity index is 0. The standard InChI is InChI=1S/C7H11NO2.Al.3H/c1-3-5-8(6-4-2)7(9)10;;;;/h3-4H,1-2,5-6H2,(H,9,10);;;;. The molecule has 0 spiro atoms. The van der Waals surface area contributed by atoms with Crippen molar-refractivity contribution in [2.45, 2.75) is 0 Å². The maximum Gasteiger partial charge on any atom is 0.407 e. The zero-order valence-corrected chi connectivity index (χ0v) is 5.79. The molecule has 0 bridgehead atoms. The lowest BCUT2D eigenvalue weighted by molar-refractivity contribution is 0.155. The van der Waals surface area contributed by atoms with E-state index in [1.165, 1.54) is 17.1 Å². The van der Waals surface area contributed by atoms with Crippen molar-refractivity contribution < 1.29 is 9.90 Å². The number of hydrogen-bond acceptors (Lipinski definition) is 1. The molecule has 0 aliphatic carbocycles. The van der Waals surface area contributed by atoms with Gasteiger partial charge in [0.2, 0.25) is 0 Å². The van der Waals surface area contributed by atoms with Gasteiger partial charge in [-0.2, -0.15) is 0 Å². The van der Waals surface area contributed by atoms with Crippen molar-refractivity contribution in [3.05, 3.63) is 25.3 Å². The molecule has 3 nitrogen and oxygen atoms in total. The number of hydrogen-bond donors (Lipinski definition) is 1. The molecule has 1 N–H and O–H groups in total. The Hall–Kier alpha value is -0.718. The molecule has 0 saturated carbocycles. The fraction of sp³-hybridized carbons (Fsp3) is 0.286. The van der Waals surface area contributed by atoms with Gasteiger partial charge >= 0.3 is 6.09 Å². The van der Waals surface area contributed by atoms with Crippen LogP contribution >= 0.6 is 0 Å². The van der Waals surface area contributed by atoms with E-state index in [4.69, 9.17) is 5.11 Å². The van der Waals surface area contributed by atoms with Crippen LogP contribution in [-0.4, -0.2) is 46.6 Å². The molecule has 0 aliphatic rings. The van der Waals surface area contributed by atoms with Crippen molar-refractivity contribution in [1.82, 2.24) is 4.90 Å². The number of rotatable bonds is 4. The van der Waals surface area contributed by atoms with E-state index in [1.54, 1.807) is 0 Å². The van der Waals surface area contributed by atoms with Crippen LogP contribution in [-0.2, 0) is 0 Å². The highest BCUT2D eigenvalue weighted by molar-refractivity contribution is 5.75. The highest BCUT2D eigenvalue weighted by atomic mass is 27.0.